The van der Waals surface area contributed by atoms with Crippen LogP contribution < -0.4 is 10.6 Å². The maximum atomic E-state index is 13.4. The molecular weight excluding hydrogens is 211 g/mol. The van der Waals surface area contributed by atoms with Crippen molar-refractivity contribution in [3.05, 3.63) is 29.6 Å². The van der Waals surface area contributed by atoms with Gasteiger partial charge in [0, 0.05) is 12.6 Å². The molecule has 1 saturated heterocycles. The summed E-state index contributed by atoms with van der Waals surface area (Å²) in [5, 5.41) is 15.0. The number of carboxylic acid groups (broad SMARTS) is 1. The monoisotopic (exact) mass is 224 g/mol. The van der Waals surface area contributed by atoms with E-state index in [4.69, 9.17) is 5.11 Å². The van der Waals surface area contributed by atoms with Crippen molar-refractivity contribution in [2.75, 3.05) is 18.4 Å². The van der Waals surface area contributed by atoms with Crippen LogP contribution in [0, 0.1) is 5.82 Å². The first-order valence-electron chi connectivity index (χ1n) is 5.17. The molecule has 1 aromatic carbocycles. The van der Waals surface area contributed by atoms with Crippen molar-refractivity contribution in [3.63, 3.8) is 0 Å². The fourth-order valence-electron chi connectivity index (χ4n) is 1.77. The van der Waals surface area contributed by atoms with Crippen LogP contribution in [0.3, 0.4) is 0 Å². The summed E-state index contributed by atoms with van der Waals surface area (Å²) in [5.74, 6) is -1.47. The van der Waals surface area contributed by atoms with Crippen LogP contribution in [-0.4, -0.2) is 30.2 Å². The average molecular weight is 224 g/mol. The highest BCUT2D eigenvalue weighted by atomic mass is 19.1. The quantitative estimate of drug-likeness (QED) is 0.724. The predicted octanol–water partition coefficient (Wildman–Crippen LogP) is 1.30. The largest absolute Gasteiger partial charge is 0.478 e. The Kier molecular flexibility index (Phi) is 3.05. The summed E-state index contributed by atoms with van der Waals surface area (Å²) in [4.78, 5) is 10.7. The third kappa shape index (κ3) is 2.30. The first-order valence-corrected chi connectivity index (χ1v) is 5.17. The molecule has 0 spiro atoms. The van der Waals surface area contributed by atoms with Crippen LogP contribution in [0.5, 0.6) is 0 Å². The van der Waals surface area contributed by atoms with Crippen molar-refractivity contribution >= 4 is 11.7 Å². The van der Waals surface area contributed by atoms with Gasteiger partial charge < -0.3 is 15.7 Å². The number of halogens is 1. The molecule has 86 valence electrons. The Morgan fingerprint density at radius 1 is 1.56 bits per heavy atom. The second-order valence-electron chi connectivity index (χ2n) is 3.83. The molecule has 1 heterocycles. The molecule has 0 aliphatic carbocycles. The summed E-state index contributed by atoms with van der Waals surface area (Å²) >= 11 is 0. The van der Waals surface area contributed by atoms with Crippen LogP contribution in [0.1, 0.15) is 16.8 Å². The van der Waals surface area contributed by atoms with Crippen LogP contribution >= 0.6 is 0 Å². The molecule has 1 atom stereocenters. The van der Waals surface area contributed by atoms with Gasteiger partial charge >= 0.3 is 5.97 Å². The minimum Gasteiger partial charge on any atom is -0.478 e. The normalized spacial score (nSPS) is 19.7. The van der Waals surface area contributed by atoms with Crippen molar-refractivity contribution in [2.24, 2.45) is 0 Å². The van der Waals surface area contributed by atoms with Crippen molar-refractivity contribution in [3.8, 4) is 0 Å². The molecule has 1 aliphatic heterocycles. The van der Waals surface area contributed by atoms with Crippen molar-refractivity contribution < 1.29 is 14.3 Å². The van der Waals surface area contributed by atoms with Gasteiger partial charge in [0.15, 0.2) is 0 Å². The minimum absolute atomic E-state index is 0.0925. The lowest BCUT2D eigenvalue weighted by Crippen LogP contribution is -2.22. The molecule has 0 radical (unpaired) electrons. The predicted molar refractivity (Wildman–Crippen MR) is 58.3 cm³/mol. The third-order valence-electron chi connectivity index (χ3n) is 2.63. The highest BCUT2D eigenvalue weighted by molar-refractivity contribution is 5.88. The van der Waals surface area contributed by atoms with E-state index in [1.54, 1.807) is 0 Å². The van der Waals surface area contributed by atoms with Gasteiger partial charge in [-0.3, -0.25) is 0 Å². The molecule has 0 amide bonds. The number of hydrogen-bond donors (Lipinski definition) is 3. The van der Waals surface area contributed by atoms with Gasteiger partial charge in [0.2, 0.25) is 0 Å². The molecule has 16 heavy (non-hydrogen) atoms. The lowest BCUT2D eigenvalue weighted by atomic mass is 10.1. The van der Waals surface area contributed by atoms with Crippen LogP contribution in [0.25, 0.3) is 0 Å². The van der Waals surface area contributed by atoms with Gasteiger partial charge in [0.25, 0.3) is 0 Å². The van der Waals surface area contributed by atoms with E-state index in [9.17, 15) is 9.18 Å². The molecule has 1 aliphatic rings. The van der Waals surface area contributed by atoms with Gasteiger partial charge in [-0.1, -0.05) is 0 Å². The lowest BCUT2D eigenvalue weighted by Gasteiger charge is -2.13. The third-order valence-corrected chi connectivity index (χ3v) is 2.63. The number of rotatable bonds is 3. The molecule has 0 aromatic heterocycles. The molecule has 1 unspecified atom stereocenters. The van der Waals surface area contributed by atoms with Gasteiger partial charge in [-0.25, -0.2) is 9.18 Å². The fraction of sp³-hybridized carbons (Fsp3) is 0.364. The fourth-order valence-corrected chi connectivity index (χ4v) is 1.77. The average Bonchev–Trinajstić information content (AvgIpc) is 2.73. The summed E-state index contributed by atoms with van der Waals surface area (Å²) in [5.41, 5.74) is 0.350. The molecule has 1 aromatic rings. The maximum Gasteiger partial charge on any atom is 0.335 e. The number of carbonyl (C=O) groups is 1. The summed E-state index contributed by atoms with van der Waals surface area (Å²) in [7, 11) is 0. The molecule has 0 saturated carbocycles. The van der Waals surface area contributed by atoms with Crippen LogP contribution in [0.4, 0.5) is 10.1 Å². The van der Waals surface area contributed by atoms with Crippen molar-refractivity contribution in [1.82, 2.24) is 5.32 Å². The topological polar surface area (TPSA) is 61.4 Å². The standard InChI is InChI=1S/C11H13FN2O2/c12-9-2-1-7(11(15)16)5-10(9)14-8-3-4-13-6-8/h1-2,5,8,13-14H,3-4,6H2,(H,15,16). The Labute approximate surface area is 92.5 Å². The highest BCUT2D eigenvalue weighted by Gasteiger charge is 2.16. The van der Waals surface area contributed by atoms with Gasteiger partial charge in [0.05, 0.1) is 11.3 Å². The van der Waals surface area contributed by atoms with Crippen molar-refractivity contribution in [1.29, 1.82) is 0 Å². The van der Waals surface area contributed by atoms with Crippen LogP contribution in [0.2, 0.25) is 0 Å². The van der Waals surface area contributed by atoms with E-state index in [2.05, 4.69) is 10.6 Å². The zero-order valence-corrected chi connectivity index (χ0v) is 8.66. The number of aromatic carboxylic acids is 1. The number of carboxylic acids is 1. The molecule has 5 heteroatoms. The second kappa shape index (κ2) is 4.49. The van der Waals surface area contributed by atoms with E-state index in [-0.39, 0.29) is 17.3 Å². The summed E-state index contributed by atoms with van der Waals surface area (Å²) < 4.78 is 13.4. The second-order valence-corrected chi connectivity index (χ2v) is 3.83. The Balaban J connectivity index is 2.17. The SMILES string of the molecule is O=C(O)c1ccc(F)c(NC2CCNC2)c1. The Hall–Kier alpha value is -1.62. The van der Waals surface area contributed by atoms with Gasteiger partial charge in [-0.05, 0) is 31.2 Å². The lowest BCUT2D eigenvalue weighted by molar-refractivity contribution is 0.0697. The molecule has 2 rings (SSSR count). The number of hydrogen-bond acceptors (Lipinski definition) is 3. The highest BCUT2D eigenvalue weighted by Crippen LogP contribution is 2.18. The number of benzene rings is 1. The van der Waals surface area contributed by atoms with Crippen molar-refractivity contribution in [2.45, 2.75) is 12.5 Å². The molecule has 3 N–H and O–H groups in total. The molecule has 4 nitrogen and oxygen atoms in total. The first kappa shape index (κ1) is 10.9. The summed E-state index contributed by atoms with van der Waals surface area (Å²) in [6.45, 7) is 1.68. The minimum atomic E-state index is -1.05. The molecule has 1 fully saturated rings. The van der Waals surface area contributed by atoms with Gasteiger partial charge in [-0.2, -0.15) is 0 Å². The Bertz CT molecular complexity index is 403. The summed E-state index contributed by atoms with van der Waals surface area (Å²) in [6, 6.07) is 3.93. The van der Waals surface area contributed by atoms with Crippen LogP contribution in [0.15, 0.2) is 18.2 Å². The Morgan fingerprint density at radius 3 is 3.00 bits per heavy atom. The van der Waals surface area contributed by atoms with E-state index in [1.807, 2.05) is 0 Å². The van der Waals surface area contributed by atoms with Crippen LogP contribution in [-0.2, 0) is 0 Å². The smallest absolute Gasteiger partial charge is 0.335 e. The summed E-state index contributed by atoms with van der Waals surface area (Å²) in [6.07, 6.45) is 0.913. The first-order chi connectivity index (χ1) is 7.66. The van der Waals surface area contributed by atoms with E-state index in [1.165, 1.54) is 18.2 Å². The van der Waals surface area contributed by atoms with E-state index >= 15 is 0 Å². The number of nitrogens with one attached hydrogen (secondary N) is 2. The van der Waals surface area contributed by atoms with Gasteiger partial charge in [0.1, 0.15) is 5.82 Å². The maximum absolute atomic E-state index is 13.4. The van der Waals surface area contributed by atoms with E-state index < -0.39 is 11.8 Å². The Morgan fingerprint density at radius 2 is 2.38 bits per heavy atom. The zero-order valence-electron chi connectivity index (χ0n) is 8.66. The number of anilines is 1. The van der Waals surface area contributed by atoms with E-state index in [0.717, 1.165) is 19.5 Å². The molecular formula is C11H13FN2O2. The molecule has 0 bridgehead atoms. The zero-order chi connectivity index (χ0) is 11.5. The van der Waals surface area contributed by atoms with E-state index in [0.29, 0.717) is 0 Å². The van der Waals surface area contributed by atoms with Gasteiger partial charge in [-0.15, -0.1) is 0 Å².